The van der Waals surface area contributed by atoms with Gasteiger partial charge < -0.3 is 5.32 Å². The van der Waals surface area contributed by atoms with Gasteiger partial charge in [0.15, 0.2) is 0 Å². The average molecular weight is 168 g/mol. The molecule has 0 aliphatic rings. The van der Waals surface area contributed by atoms with Crippen molar-refractivity contribution >= 4 is 5.82 Å². The summed E-state index contributed by atoms with van der Waals surface area (Å²) >= 11 is 0. The third kappa shape index (κ3) is 2.49. The molecule has 0 spiro atoms. The second-order valence-corrected chi connectivity index (χ2v) is 2.80. The van der Waals surface area contributed by atoms with Crippen LogP contribution in [0.25, 0.3) is 0 Å². The number of nitrogens with zero attached hydrogens (tertiary/aromatic N) is 1. The van der Waals surface area contributed by atoms with E-state index in [0.29, 0.717) is 11.9 Å². The smallest absolute Gasteiger partial charge is 0.214 e. The third-order valence-corrected chi connectivity index (χ3v) is 1.72. The van der Waals surface area contributed by atoms with E-state index in [9.17, 15) is 4.39 Å². The second kappa shape index (κ2) is 4.04. The van der Waals surface area contributed by atoms with Crippen LogP contribution in [0, 0.1) is 5.95 Å². The molecule has 0 bridgehead atoms. The molecule has 0 aromatic carbocycles. The fraction of sp³-hybridized carbons (Fsp3) is 0.444. The molecule has 0 fully saturated rings. The monoisotopic (exact) mass is 168 g/mol. The minimum absolute atomic E-state index is 0.333. The van der Waals surface area contributed by atoms with E-state index in [1.807, 2.05) is 6.92 Å². The topological polar surface area (TPSA) is 24.9 Å². The van der Waals surface area contributed by atoms with Gasteiger partial charge in [0.25, 0.3) is 0 Å². The molecule has 1 heterocycles. The summed E-state index contributed by atoms with van der Waals surface area (Å²) in [5.74, 6) is 0.160. The van der Waals surface area contributed by atoms with Crippen LogP contribution >= 0.6 is 0 Å². The Bertz CT molecular complexity index is 250. The van der Waals surface area contributed by atoms with E-state index in [-0.39, 0.29) is 0 Å². The van der Waals surface area contributed by atoms with E-state index in [1.165, 1.54) is 6.07 Å². The highest BCUT2D eigenvalue weighted by molar-refractivity contribution is 5.34. The number of nitrogens with one attached hydrogen (secondary N) is 1. The Labute approximate surface area is 71.8 Å². The van der Waals surface area contributed by atoms with Crippen LogP contribution in [0.4, 0.5) is 10.2 Å². The van der Waals surface area contributed by atoms with Crippen molar-refractivity contribution in [1.82, 2.24) is 4.98 Å². The first-order chi connectivity index (χ1) is 5.72. The van der Waals surface area contributed by atoms with Crippen LogP contribution in [0.5, 0.6) is 0 Å². The van der Waals surface area contributed by atoms with Crippen molar-refractivity contribution in [3.05, 3.63) is 24.1 Å². The Morgan fingerprint density at radius 1 is 1.58 bits per heavy atom. The summed E-state index contributed by atoms with van der Waals surface area (Å²) in [7, 11) is 0. The summed E-state index contributed by atoms with van der Waals surface area (Å²) < 4.78 is 12.6. The Balaban J connectivity index is 2.63. The fourth-order valence-corrected chi connectivity index (χ4v) is 0.843. The fourth-order valence-electron chi connectivity index (χ4n) is 0.843. The molecule has 1 aromatic heterocycles. The number of pyridine rings is 1. The zero-order valence-electron chi connectivity index (χ0n) is 7.34. The van der Waals surface area contributed by atoms with Gasteiger partial charge >= 0.3 is 0 Å². The number of rotatable bonds is 3. The van der Waals surface area contributed by atoms with Gasteiger partial charge in [-0.2, -0.15) is 4.39 Å². The zero-order chi connectivity index (χ0) is 8.97. The van der Waals surface area contributed by atoms with Crippen LogP contribution in [-0.4, -0.2) is 11.0 Å². The van der Waals surface area contributed by atoms with Crippen molar-refractivity contribution in [3.8, 4) is 0 Å². The number of hydrogen-bond acceptors (Lipinski definition) is 2. The molecule has 0 saturated carbocycles. The van der Waals surface area contributed by atoms with Gasteiger partial charge in [-0.3, -0.25) is 0 Å². The van der Waals surface area contributed by atoms with Gasteiger partial charge in [0.05, 0.1) is 0 Å². The normalized spacial score (nSPS) is 12.6. The lowest BCUT2D eigenvalue weighted by Crippen LogP contribution is -2.14. The number of aromatic nitrogens is 1. The van der Waals surface area contributed by atoms with Crippen molar-refractivity contribution in [2.45, 2.75) is 26.3 Å². The van der Waals surface area contributed by atoms with Crippen molar-refractivity contribution in [3.63, 3.8) is 0 Å². The van der Waals surface area contributed by atoms with Crippen LogP contribution in [0.3, 0.4) is 0 Å². The molecule has 12 heavy (non-hydrogen) atoms. The molecule has 0 saturated heterocycles. The molecule has 0 aliphatic carbocycles. The Hall–Kier alpha value is -1.12. The van der Waals surface area contributed by atoms with Gasteiger partial charge in [-0.1, -0.05) is 13.0 Å². The van der Waals surface area contributed by atoms with Crippen LogP contribution in [-0.2, 0) is 0 Å². The van der Waals surface area contributed by atoms with Crippen molar-refractivity contribution < 1.29 is 4.39 Å². The molecule has 1 atom stereocenters. The molecule has 0 unspecified atom stereocenters. The highest BCUT2D eigenvalue weighted by Crippen LogP contribution is 2.06. The Morgan fingerprint density at radius 3 is 2.92 bits per heavy atom. The van der Waals surface area contributed by atoms with Crippen molar-refractivity contribution in [2.75, 3.05) is 5.32 Å². The standard InChI is InChI=1S/C9H13FN2/c1-3-7(2)11-9-6-4-5-8(10)12-9/h4-7H,3H2,1-2H3,(H,11,12)/t7-/m0/s1. The molecule has 66 valence electrons. The lowest BCUT2D eigenvalue weighted by molar-refractivity contribution is 0.583. The number of anilines is 1. The lowest BCUT2D eigenvalue weighted by Gasteiger charge is -2.11. The van der Waals surface area contributed by atoms with E-state index in [4.69, 9.17) is 0 Å². The lowest BCUT2D eigenvalue weighted by atomic mass is 10.2. The molecular weight excluding hydrogens is 155 g/mol. The highest BCUT2D eigenvalue weighted by Gasteiger charge is 1.99. The summed E-state index contributed by atoms with van der Waals surface area (Å²) in [6.07, 6.45) is 0.998. The highest BCUT2D eigenvalue weighted by atomic mass is 19.1. The number of halogens is 1. The molecule has 0 amide bonds. The molecule has 0 radical (unpaired) electrons. The average Bonchev–Trinajstić information content (AvgIpc) is 2.04. The Morgan fingerprint density at radius 2 is 2.33 bits per heavy atom. The molecule has 1 aromatic rings. The van der Waals surface area contributed by atoms with Gasteiger partial charge in [-0.15, -0.1) is 0 Å². The van der Waals surface area contributed by atoms with E-state index in [2.05, 4.69) is 17.2 Å². The summed E-state index contributed by atoms with van der Waals surface area (Å²) in [5, 5.41) is 3.08. The van der Waals surface area contributed by atoms with E-state index in [1.54, 1.807) is 12.1 Å². The summed E-state index contributed by atoms with van der Waals surface area (Å²) in [6.45, 7) is 4.10. The quantitative estimate of drug-likeness (QED) is 0.701. The maximum atomic E-state index is 12.6. The summed E-state index contributed by atoms with van der Waals surface area (Å²) in [5.41, 5.74) is 0. The summed E-state index contributed by atoms with van der Waals surface area (Å²) in [4.78, 5) is 3.68. The predicted molar refractivity (Wildman–Crippen MR) is 47.6 cm³/mol. The van der Waals surface area contributed by atoms with Crippen LogP contribution in [0.15, 0.2) is 18.2 Å². The SMILES string of the molecule is CC[C@H](C)Nc1cccc(F)n1. The van der Waals surface area contributed by atoms with E-state index in [0.717, 1.165) is 6.42 Å². The maximum absolute atomic E-state index is 12.6. The third-order valence-electron chi connectivity index (χ3n) is 1.72. The van der Waals surface area contributed by atoms with Crippen LogP contribution < -0.4 is 5.32 Å². The first-order valence-corrected chi connectivity index (χ1v) is 4.11. The van der Waals surface area contributed by atoms with Crippen LogP contribution in [0.1, 0.15) is 20.3 Å². The molecule has 1 rings (SSSR count). The zero-order valence-corrected chi connectivity index (χ0v) is 7.34. The molecule has 1 N–H and O–H groups in total. The predicted octanol–water partition coefficient (Wildman–Crippen LogP) is 2.43. The second-order valence-electron chi connectivity index (χ2n) is 2.80. The van der Waals surface area contributed by atoms with Crippen molar-refractivity contribution in [2.24, 2.45) is 0 Å². The summed E-state index contributed by atoms with van der Waals surface area (Å²) in [6, 6.07) is 5.07. The minimum atomic E-state index is -0.441. The van der Waals surface area contributed by atoms with Gasteiger partial charge in [0.2, 0.25) is 5.95 Å². The van der Waals surface area contributed by atoms with E-state index < -0.39 is 5.95 Å². The largest absolute Gasteiger partial charge is 0.368 e. The minimum Gasteiger partial charge on any atom is -0.368 e. The van der Waals surface area contributed by atoms with E-state index >= 15 is 0 Å². The van der Waals surface area contributed by atoms with Crippen molar-refractivity contribution in [1.29, 1.82) is 0 Å². The molecule has 0 aliphatic heterocycles. The Kier molecular flexibility index (Phi) is 3.02. The van der Waals surface area contributed by atoms with Gasteiger partial charge in [-0.05, 0) is 25.5 Å². The molecule has 3 heteroatoms. The van der Waals surface area contributed by atoms with Gasteiger partial charge in [-0.25, -0.2) is 4.98 Å². The maximum Gasteiger partial charge on any atom is 0.214 e. The first kappa shape index (κ1) is 8.97. The van der Waals surface area contributed by atoms with Crippen LogP contribution in [0.2, 0.25) is 0 Å². The molecular formula is C9H13FN2. The first-order valence-electron chi connectivity index (χ1n) is 4.11. The van der Waals surface area contributed by atoms with Gasteiger partial charge in [0, 0.05) is 6.04 Å². The van der Waals surface area contributed by atoms with Gasteiger partial charge in [0.1, 0.15) is 5.82 Å². The number of hydrogen-bond donors (Lipinski definition) is 1. The molecule has 2 nitrogen and oxygen atoms in total.